The average Bonchev–Trinajstić information content (AvgIpc) is 3.04. The largest absolute Gasteiger partial charge is 0.384 e. The Labute approximate surface area is 116 Å². The van der Waals surface area contributed by atoms with Gasteiger partial charge < -0.3 is 5.73 Å². The Morgan fingerprint density at radius 3 is 2.40 bits per heavy atom. The van der Waals surface area contributed by atoms with Gasteiger partial charge in [-0.15, -0.1) is 11.3 Å². The third-order valence-electron chi connectivity index (χ3n) is 2.72. The summed E-state index contributed by atoms with van der Waals surface area (Å²) >= 11 is 1.46. The fourth-order valence-corrected chi connectivity index (χ4v) is 2.49. The second-order valence-corrected chi connectivity index (χ2v) is 5.01. The molecule has 0 radical (unpaired) electrons. The molecule has 7 heteroatoms. The zero-order valence-electron chi connectivity index (χ0n) is 9.98. The minimum absolute atomic E-state index is 0.0294. The molecule has 3 aromatic rings. The van der Waals surface area contributed by atoms with Gasteiger partial charge in [-0.1, -0.05) is 6.07 Å². The summed E-state index contributed by atoms with van der Waals surface area (Å²) in [5, 5.41) is 6.06. The highest BCUT2D eigenvalue weighted by molar-refractivity contribution is 7.13. The average molecular weight is 295 g/mol. The Balaban J connectivity index is 2.11. The topological polar surface area (TPSA) is 43.8 Å². The van der Waals surface area contributed by atoms with Crippen molar-refractivity contribution < 1.29 is 13.2 Å². The fourth-order valence-electron chi connectivity index (χ4n) is 1.81. The number of benzene rings is 1. The van der Waals surface area contributed by atoms with Crippen molar-refractivity contribution in [3.63, 3.8) is 0 Å². The highest BCUT2D eigenvalue weighted by Gasteiger charge is 2.15. The zero-order valence-corrected chi connectivity index (χ0v) is 10.8. The van der Waals surface area contributed by atoms with Crippen molar-refractivity contribution in [1.29, 1.82) is 0 Å². The van der Waals surface area contributed by atoms with E-state index in [2.05, 4.69) is 5.10 Å². The van der Waals surface area contributed by atoms with E-state index in [-0.39, 0.29) is 11.5 Å². The van der Waals surface area contributed by atoms with Crippen LogP contribution >= 0.6 is 11.3 Å². The van der Waals surface area contributed by atoms with Gasteiger partial charge in [0.1, 0.15) is 11.5 Å². The monoisotopic (exact) mass is 295 g/mol. The van der Waals surface area contributed by atoms with E-state index in [1.54, 1.807) is 6.07 Å². The first-order chi connectivity index (χ1) is 9.56. The number of aromatic nitrogens is 2. The quantitative estimate of drug-likeness (QED) is 0.734. The Morgan fingerprint density at radius 2 is 1.80 bits per heavy atom. The number of anilines is 1. The molecule has 0 aliphatic heterocycles. The van der Waals surface area contributed by atoms with Crippen LogP contribution < -0.4 is 5.73 Å². The van der Waals surface area contributed by atoms with E-state index in [1.807, 2.05) is 17.5 Å². The Kier molecular flexibility index (Phi) is 2.98. The highest BCUT2D eigenvalue weighted by atomic mass is 32.1. The van der Waals surface area contributed by atoms with Gasteiger partial charge in [0, 0.05) is 18.2 Å². The molecule has 20 heavy (non-hydrogen) atoms. The number of nitrogens with zero attached hydrogens (tertiary/aromatic N) is 2. The third-order valence-corrected chi connectivity index (χ3v) is 3.62. The summed E-state index contributed by atoms with van der Waals surface area (Å²) in [4.78, 5) is 0.874. The van der Waals surface area contributed by atoms with Crippen LogP contribution in [0.1, 0.15) is 0 Å². The van der Waals surface area contributed by atoms with Crippen LogP contribution in [0.3, 0.4) is 0 Å². The maximum atomic E-state index is 13.2. The van der Waals surface area contributed by atoms with Crippen molar-refractivity contribution in [2.75, 3.05) is 5.73 Å². The Morgan fingerprint density at radius 1 is 1.10 bits per heavy atom. The van der Waals surface area contributed by atoms with Gasteiger partial charge in [-0.05, 0) is 11.4 Å². The smallest absolute Gasteiger partial charge is 0.194 e. The highest BCUT2D eigenvalue weighted by Crippen LogP contribution is 2.27. The summed E-state index contributed by atoms with van der Waals surface area (Å²) in [5.41, 5.74) is 6.40. The molecule has 0 aliphatic rings. The van der Waals surface area contributed by atoms with Crippen LogP contribution in [0.15, 0.2) is 35.7 Å². The molecular formula is C13H8F3N3S. The third kappa shape index (κ3) is 2.05. The number of hydrogen-bond acceptors (Lipinski definition) is 3. The standard InChI is InChI=1S/C13H8F3N3S/c14-8-4-7(5-9(15)13(8)16)19-12(17)6-10(18-19)11-2-1-3-20-11/h1-6H,17H2. The summed E-state index contributed by atoms with van der Waals surface area (Å²) in [6.07, 6.45) is 0. The molecule has 2 aromatic heterocycles. The second kappa shape index (κ2) is 4.68. The molecule has 3 rings (SSSR count). The SMILES string of the molecule is Nc1cc(-c2cccs2)nn1-c1cc(F)c(F)c(F)c1. The van der Waals surface area contributed by atoms with Gasteiger partial charge in [-0.25, -0.2) is 17.9 Å². The molecule has 3 nitrogen and oxygen atoms in total. The molecule has 2 heterocycles. The lowest BCUT2D eigenvalue weighted by Crippen LogP contribution is -2.04. The van der Waals surface area contributed by atoms with Gasteiger partial charge in [0.2, 0.25) is 0 Å². The molecule has 0 amide bonds. The van der Waals surface area contributed by atoms with Crippen LogP contribution in [-0.4, -0.2) is 9.78 Å². The molecule has 0 saturated carbocycles. The summed E-state index contributed by atoms with van der Waals surface area (Å²) in [6, 6.07) is 6.99. The lowest BCUT2D eigenvalue weighted by molar-refractivity contribution is 0.446. The summed E-state index contributed by atoms with van der Waals surface area (Å²) in [7, 11) is 0. The Bertz CT molecular complexity index is 742. The Hall–Kier alpha value is -2.28. The van der Waals surface area contributed by atoms with Crippen LogP contribution in [0.2, 0.25) is 0 Å². The van der Waals surface area contributed by atoms with Crippen LogP contribution in [0, 0.1) is 17.5 Å². The molecule has 0 atom stereocenters. The minimum Gasteiger partial charge on any atom is -0.384 e. The molecule has 0 unspecified atom stereocenters. The van der Waals surface area contributed by atoms with E-state index < -0.39 is 17.5 Å². The van der Waals surface area contributed by atoms with E-state index in [9.17, 15) is 13.2 Å². The first-order valence-corrected chi connectivity index (χ1v) is 6.48. The zero-order chi connectivity index (χ0) is 14.3. The molecule has 0 aliphatic carbocycles. The summed E-state index contributed by atoms with van der Waals surface area (Å²) in [6.45, 7) is 0. The van der Waals surface area contributed by atoms with Crippen LogP contribution in [0.25, 0.3) is 16.3 Å². The van der Waals surface area contributed by atoms with Crippen molar-refractivity contribution in [2.24, 2.45) is 0 Å². The maximum Gasteiger partial charge on any atom is 0.194 e. The van der Waals surface area contributed by atoms with E-state index in [1.165, 1.54) is 16.0 Å². The number of halogens is 3. The molecule has 0 fully saturated rings. The van der Waals surface area contributed by atoms with Gasteiger partial charge in [0.05, 0.1) is 10.6 Å². The van der Waals surface area contributed by atoms with Crippen LogP contribution in [-0.2, 0) is 0 Å². The van der Waals surface area contributed by atoms with E-state index in [0.717, 1.165) is 17.0 Å². The first kappa shape index (κ1) is 12.7. The molecule has 102 valence electrons. The normalized spacial score (nSPS) is 10.9. The second-order valence-electron chi connectivity index (χ2n) is 4.07. The van der Waals surface area contributed by atoms with Gasteiger partial charge >= 0.3 is 0 Å². The first-order valence-electron chi connectivity index (χ1n) is 5.60. The molecule has 0 bridgehead atoms. The van der Waals surface area contributed by atoms with Gasteiger partial charge in [0.15, 0.2) is 17.5 Å². The molecular weight excluding hydrogens is 287 g/mol. The van der Waals surface area contributed by atoms with Crippen LogP contribution in [0.4, 0.5) is 19.0 Å². The van der Waals surface area contributed by atoms with Gasteiger partial charge in [-0.3, -0.25) is 0 Å². The van der Waals surface area contributed by atoms with Crippen molar-refractivity contribution >= 4 is 17.2 Å². The molecule has 1 aromatic carbocycles. The maximum absolute atomic E-state index is 13.2. The van der Waals surface area contributed by atoms with E-state index in [0.29, 0.717) is 5.69 Å². The van der Waals surface area contributed by atoms with Crippen molar-refractivity contribution in [3.05, 3.63) is 53.2 Å². The number of thiophene rings is 1. The number of rotatable bonds is 2. The number of nitrogens with two attached hydrogens (primary N) is 1. The van der Waals surface area contributed by atoms with Crippen molar-refractivity contribution in [2.45, 2.75) is 0 Å². The summed E-state index contributed by atoms with van der Waals surface area (Å²) in [5.74, 6) is -3.88. The van der Waals surface area contributed by atoms with E-state index >= 15 is 0 Å². The molecule has 2 N–H and O–H groups in total. The predicted octanol–water partition coefficient (Wildman–Crippen LogP) is 3.60. The fraction of sp³-hybridized carbons (Fsp3) is 0. The molecule has 0 saturated heterocycles. The summed E-state index contributed by atoms with van der Waals surface area (Å²) < 4.78 is 40.6. The van der Waals surface area contributed by atoms with Crippen molar-refractivity contribution in [1.82, 2.24) is 9.78 Å². The van der Waals surface area contributed by atoms with Gasteiger partial charge in [-0.2, -0.15) is 5.10 Å². The number of hydrogen-bond donors (Lipinski definition) is 1. The van der Waals surface area contributed by atoms with E-state index in [4.69, 9.17) is 5.73 Å². The predicted molar refractivity (Wildman–Crippen MR) is 71.2 cm³/mol. The minimum atomic E-state index is -1.52. The lowest BCUT2D eigenvalue weighted by atomic mass is 10.3. The molecule has 0 spiro atoms. The van der Waals surface area contributed by atoms with Crippen LogP contribution in [0.5, 0.6) is 0 Å². The number of nitrogen functional groups attached to an aromatic ring is 1. The van der Waals surface area contributed by atoms with Gasteiger partial charge in [0.25, 0.3) is 0 Å². The van der Waals surface area contributed by atoms with Crippen molar-refractivity contribution in [3.8, 4) is 16.3 Å². The lowest BCUT2D eigenvalue weighted by Gasteiger charge is -2.05.